The number of ether oxygens (including phenoxy) is 1. The van der Waals surface area contributed by atoms with Gasteiger partial charge in [-0.3, -0.25) is 4.79 Å². The van der Waals surface area contributed by atoms with Crippen molar-refractivity contribution in [2.45, 2.75) is 39.0 Å². The number of carboxylic acids is 1. The van der Waals surface area contributed by atoms with Crippen LogP contribution in [0.3, 0.4) is 0 Å². The second kappa shape index (κ2) is 5.71. The number of carboxylic acid groups (broad SMARTS) is 1. The van der Waals surface area contributed by atoms with Gasteiger partial charge in [0, 0.05) is 5.41 Å². The van der Waals surface area contributed by atoms with Gasteiger partial charge in [-0.15, -0.1) is 0 Å². The summed E-state index contributed by atoms with van der Waals surface area (Å²) >= 11 is 0. The third kappa shape index (κ3) is 4.10. The van der Waals surface area contributed by atoms with E-state index in [2.05, 4.69) is 6.92 Å². The van der Waals surface area contributed by atoms with Crippen LogP contribution in [0.2, 0.25) is 0 Å². The second-order valence-corrected chi connectivity index (χ2v) is 4.83. The van der Waals surface area contributed by atoms with Crippen LogP contribution in [-0.4, -0.2) is 17.7 Å². The van der Waals surface area contributed by atoms with Crippen molar-refractivity contribution in [2.24, 2.45) is 0 Å². The van der Waals surface area contributed by atoms with Gasteiger partial charge in [0.05, 0.1) is 13.0 Å². The lowest BCUT2D eigenvalue weighted by Crippen LogP contribution is -2.21. The van der Waals surface area contributed by atoms with Gasteiger partial charge < -0.3 is 9.84 Å². The fourth-order valence-corrected chi connectivity index (χ4v) is 1.70. The van der Waals surface area contributed by atoms with Gasteiger partial charge in [-0.25, -0.2) is 0 Å². The van der Waals surface area contributed by atoms with Gasteiger partial charge in [-0.05, 0) is 24.1 Å². The standard InChI is InChI=1S/C14H20O3/c1-4-9-17-12-7-5-11(6-8-12)14(2,3)10-13(15)16/h5-8H,4,9-10H2,1-3H3,(H,15,16). The average molecular weight is 236 g/mol. The molecular formula is C14H20O3. The van der Waals surface area contributed by atoms with Crippen molar-refractivity contribution in [2.75, 3.05) is 6.61 Å². The minimum atomic E-state index is -0.777. The van der Waals surface area contributed by atoms with Crippen molar-refractivity contribution in [3.05, 3.63) is 29.8 Å². The number of aliphatic carboxylic acids is 1. The molecular weight excluding hydrogens is 216 g/mol. The Labute approximate surface area is 102 Å². The molecule has 1 rings (SSSR count). The summed E-state index contributed by atoms with van der Waals surface area (Å²) in [6.07, 6.45) is 1.11. The summed E-state index contributed by atoms with van der Waals surface area (Å²) in [4.78, 5) is 10.8. The summed E-state index contributed by atoms with van der Waals surface area (Å²) in [5.74, 6) is 0.0584. The Morgan fingerprint density at radius 1 is 1.29 bits per heavy atom. The van der Waals surface area contributed by atoms with Crippen LogP contribution in [0.15, 0.2) is 24.3 Å². The largest absolute Gasteiger partial charge is 0.494 e. The Balaban J connectivity index is 2.75. The smallest absolute Gasteiger partial charge is 0.304 e. The number of rotatable bonds is 6. The van der Waals surface area contributed by atoms with Crippen LogP contribution < -0.4 is 4.74 Å². The predicted octanol–water partition coefficient (Wildman–Crippen LogP) is 3.23. The van der Waals surface area contributed by atoms with Crippen molar-refractivity contribution in [1.29, 1.82) is 0 Å². The number of benzene rings is 1. The predicted molar refractivity (Wildman–Crippen MR) is 67.5 cm³/mol. The van der Waals surface area contributed by atoms with Gasteiger partial charge in [0.1, 0.15) is 5.75 Å². The van der Waals surface area contributed by atoms with Crippen LogP contribution in [0.25, 0.3) is 0 Å². The first-order valence-electron chi connectivity index (χ1n) is 5.91. The molecule has 1 aromatic rings. The van der Waals surface area contributed by atoms with E-state index in [0.29, 0.717) is 6.61 Å². The second-order valence-electron chi connectivity index (χ2n) is 4.83. The van der Waals surface area contributed by atoms with E-state index in [9.17, 15) is 4.79 Å². The molecule has 0 aliphatic rings. The van der Waals surface area contributed by atoms with E-state index < -0.39 is 5.97 Å². The molecule has 0 saturated carbocycles. The molecule has 94 valence electrons. The molecule has 0 saturated heterocycles. The molecule has 3 nitrogen and oxygen atoms in total. The highest BCUT2D eigenvalue weighted by Gasteiger charge is 2.23. The topological polar surface area (TPSA) is 46.5 Å². The Bertz CT molecular complexity index is 366. The van der Waals surface area contributed by atoms with E-state index in [1.165, 1.54) is 0 Å². The SMILES string of the molecule is CCCOc1ccc(C(C)(C)CC(=O)O)cc1. The van der Waals surface area contributed by atoms with E-state index in [-0.39, 0.29) is 11.8 Å². The van der Waals surface area contributed by atoms with E-state index in [0.717, 1.165) is 17.7 Å². The number of carbonyl (C=O) groups is 1. The van der Waals surface area contributed by atoms with Gasteiger partial charge in [-0.2, -0.15) is 0 Å². The molecule has 3 heteroatoms. The Morgan fingerprint density at radius 3 is 2.35 bits per heavy atom. The Hall–Kier alpha value is -1.51. The normalized spacial score (nSPS) is 11.2. The van der Waals surface area contributed by atoms with Crippen molar-refractivity contribution in [3.63, 3.8) is 0 Å². The number of hydrogen-bond acceptors (Lipinski definition) is 2. The third-order valence-corrected chi connectivity index (χ3v) is 2.70. The van der Waals surface area contributed by atoms with Gasteiger partial charge in [0.2, 0.25) is 0 Å². The van der Waals surface area contributed by atoms with Crippen LogP contribution in [0, 0.1) is 0 Å². The third-order valence-electron chi connectivity index (χ3n) is 2.70. The molecule has 0 heterocycles. The maximum Gasteiger partial charge on any atom is 0.304 e. The van der Waals surface area contributed by atoms with Crippen LogP contribution in [0.5, 0.6) is 5.75 Å². The number of hydrogen-bond donors (Lipinski definition) is 1. The van der Waals surface area contributed by atoms with E-state index in [1.54, 1.807) is 0 Å². The zero-order chi connectivity index (χ0) is 12.9. The fraction of sp³-hybridized carbons (Fsp3) is 0.500. The summed E-state index contributed by atoms with van der Waals surface area (Å²) in [7, 11) is 0. The lowest BCUT2D eigenvalue weighted by Gasteiger charge is -2.23. The van der Waals surface area contributed by atoms with Crippen LogP contribution in [0.1, 0.15) is 39.2 Å². The summed E-state index contributed by atoms with van der Waals surface area (Å²) in [6, 6.07) is 7.67. The summed E-state index contributed by atoms with van der Waals surface area (Å²) < 4.78 is 5.49. The molecule has 1 N–H and O–H groups in total. The van der Waals surface area contributed by atoms with E-state index >= 15 is 0 Å². The van der Waals surface area contributed by atoms with Crippen LogP contribution in [-0.2, 0) is 10.2 Å². The van der Waals surface area contributed by atoms with Gasteiger partial charge in [0.15, 0.2) is 0 Å². The molecule has 0 aliphatic carbocycles. The quantitative estimate of drug-likeness (QED) is 0.824. The highest BCUT2D eigenvalue weighted by atomic mass is 16.5. The molecule has 0 bridgehead atoms. The van der Waals surface area contributed by atoms with Gasteiger partial charge in [-0.1, -0.05) is 32.9 Å². The lowest BCUT2D eigenvalue weighted by molar-refractivity contribution is -0.138. The fourth-order valence-electron chi connectivity index (χ4n) is 1.70. The van der Waals surface area contributed by atoms with Gasteiger partial charge in [0.25, 0.3) is 0 Å². The average Bonchev–Trinajstić information content (AvgIpc) is 2.25. The molecule has 17 heavy (non-hydrogen) atoms. The van der Waals surface area contributed by atoms with Crippen molar-refractivity contribution >= 4 is 5.97 Å². The molecule has 0 spiro atoms. The Morgan fingerprint density at radius 2 is 1.88 bits per heavy atom. The Kier molecular flexibility index (Phi) is 4.55. The molecule has 0 amide bonds. The van der Waals surface area contributed by atoms with Gasteiger partial charge >= 0.3 is 5.97 Å². The minimum absolute atomic E-state index is 0.127. The maximum absolute atomic E-state index is 10.8. The molecule has 0 aliphatic heterocycles. The van der Waals surface area contributed by atoms with E-state index in [1.807, 2.05) is 38.1 Å². The lowest BCUT2D eigenvalue weighted by atomic mass is 9.82. The van der Waals surface area contributed by atoms with Crippen molar-refractivity contribution < 1.29 is 14.6 Å². The highest BCUT2D eigenvalue weighted by molar-refractivity contribution is 5.68. The molecule has 0 atom stereocenters. The molecule has 0 unspecified atom stereocenters. The zero-order valence-corrected chi connectivity index (χ0v) is 10.7. The highest BCUT2D eigenvalue weighted by Crippen LogP contribution is 2.28. The van der Waals surface area contributed by atoms with Crippen molar-refractivity contribution in [1.82, 2.24) is 0 Å². The molecule has 0 radical (unpaired) electrons. The zero-order valence-electron chi connectivity index (χ0n) is 10.7. The maximum atomic E-state index is 10.8. The summed E-state index contributed by atoms with van der Waals surface area (Å²) in [6.45, 7) is 6.63. The first kappa shape index (κ1) is 13.6. The van der Waals surface area contributed by atoms with Crippen molar-refractivity contribution in [3.8, 4) is 5.75 Å². The van der Waals surface area contributed by atoms with E-state index in [4.69, 9.17) is 9.84 Å². The monoisotopic (exact) mass is 236 g/mol. The first-order chi connectivity index (χ1) is 7.95. The first-order valence-corrected chi connectivity index (χ1v) is 5.91. The van der Waals surface area contributed by atoms with Crippen LogP contribution in [0.4, 0.5) is 0 Å². The summed E-state index contributed by atoms with van der Waals surface area (Å²) in [5, 5.41) is 8.86. The molecule has 1 aromatic carbocycles. The summed E-state index contributed by atoms with van der Waals surface area (Å²) in [5.41, 5.74) is 0.665. The molecule has 0 fully saturated rings. The van der Waals surface area contributed by atoms with Crippen LogP contribution >= 0.6 is 0 Å². The molecule has 0 aromatic heterocycles. The minimum Gasteiger partial charge on any atom is -0.494 e.